The number of halogens is 3. The van der Waals surface area contributed by atoms with E-state index in [0.717, 1.165) is 0 Å². The Morgan fingerprint density at radius 1 is 1.34 bits per heavy atom. The van der Waals surface area contributed by atoms with E-state index >= 15 is 0 Å². The summed E-state index contributed by atoms with van der Waals surface area (Å²) < 4.78 is 43.0. The van der Waals surface area contributed by atoms with Crippen LogP contribution in [0.15, 0.2) is 24.4 Å². The molecule has 2 heterocycles. The summed E-state index contributed by atoms with van der Waals surface area (Å²) in [6.45, 7) is 0.312. The molecule has 1 aromatic heterocycles. The summed E-state index contributed by atoms with van der Waals surface area (Å²) in [5, 5.41) is 30.0. The largest absolute Gasteiger partial charge is 0.535 e. The van der Waals surface area contributed by atoms with E-state index in [1.807, 2.05) is 0 Å². The minimum atomic E-state index is -4.18. The smallest absolute Gasteiger partial charge is 0.526 e. The second-order valence-electron chi connectivity index (χ2n) is 7.62. The molecule has 0 bridgehead atoms. The topological polar surface area (TPSA) is 127 Å². The third kappa shape index (κ3) is 6.53. The number of nitrogens with zero attached hydrogens (tertiary/aromatic N) is 3. The molecule has 0 saturated carbocycles. The Bertz CT molecular complexity index is 969. The predicted molar refractivity (Wildman–Crippen MR) is 106 cm³/mol. The number of para-hydroxylation sites is 1. The number of fused-ring (bicyclic) bond motifs is 1. The zero-order chi connectivity index (χ0) is 23.3. The molecule has 0 saturated heterocycles. The number of carbonyl (C=O) groups is 2. The lowest BCUT2D eigenvalue weighted by molar-refractivity contribution is -0.135. The van der Waals surface area contributed by atoms with E-state index in [4.69, 9.17) is 4.65 Å². The van der Waals surface area contributed by atoms with Gasteiger partial charge in [-0.3, -0.25) is 4.79 Å². The normalized spacial score (nSPS) is 15.9. The molecule has 13 heteroatoms. The molecule has 0 spiro atoms. The van der Waals surface area contributed by atoms with Crippen LogP contribution in [0.1, 0.15) is 40.9 Å². The van der Waals surface area contributed by atoms with Crippen molar-refractivity contribution < 1.29 is 37.5 Å². The van der Waals surface area contributed by atoms with Crippen LogP contribution in [-0.4, -0.2) is 56.7 Å². The highest BCUT2D eigenvalue weighted by atomic mass is 19.4. The standard InChI is InChI=1S/C19H22BF3N4O5/c21-19(22,23)5-2-6-24-9-14-10-27(26-25-14)11-15(28)8-13-7-12-3-1-4-16(18(29)30)17(12)32-20(13)31/h1,3-4,10,13,24,31H,2,5-9,11H2,(H,29,30)/t13-/m1/s1. The van der Waals surface area contributed by atoms with Crippen LogP contribution in [0.2, 0.25) is 5.82 Å². The number of nitrogens with one attached hydrogen (secondary N) is 1. The number of benzene rings is 1. The lowest BCUT2D eigenvalue weighted by Gasteiger charge is -2.27. The van der Waals surface area contributed by atoms with E-state index in [-0.39, 0.29) is 56.0 Å². The number of hydrogen-bond donors (Lipinski definition) is 3. The monoisotopic (exact) mass is 454 g/mol. The second kappa shape index (κ2) is 10.1. The SMILES string of the molecule is O=C(C[C@H]1Cc2cccc(C(=O)O)c2OB1O)Cn1cc(CNCCCC(F)(F)F)nn1. The maximum absolute atomic E-state index is 12.4. The third-order valence-electron chi connectivity index (χ3n) is 4.99. The van der Waals surface area contributed by atoms with Gasteiger partial charge in [-0.25, -0.2) is 9.48 Å². The van der Waals surface area contributed by atoms with E-state index < -0.39 is 31.5 Å². The van der Waals surface area contributed by atoms with Crippen molar-refractivity contribution in [1.82, 2.24) is 20.3 Å². The molecule has 1 atom stereocenters. The van der Waals surface area contributed by atoms with Gasteiger partial charge in [0.05, 0.1) is 17.5 Å². The van der Waals surface area contributed by atoms with Crippen molar-refractivity contribution in [3.8, 4) is 5.75 Å². The lowest BCUT2D eigenvalue weighted by Crippen LogP contribution is -2.36. The number of carboxylic acids is 1. The number of ketones is 1. The number of rotatable bonds is 10. The highest BCUT2D eigenvalue weighted by Crippen LogP contribution is 2.36. The van der Waals surface area contributed by atoms with Gasteiger partial charge < -0.3 is 20.1 Å². The van der Waals surface area contributed by atoms with E-state index in [2.05, 4.69) is 15.6 Å². The lowest BCUT2D eigenvalue weighted by atomic mass is 9.64. The van der Waals surface area contributed by atoms with Gasteiger partial charge in [-0.2, -0.15) is 13.2 Å². The van der Waals surface area contributed by atoms with Crippen LogP contribution in [0.5, 0.6) is 5.75 Å². The maximum atomic E-state index is 12.4. The summed E-state index contributed by atoms with van der Waals surface area (Å²) in [6, 6.07) is 4.65. The van der Waals surface area contributed by atoms with Gasteiger partial charge >= 0.3 is 19.3 Å². The van der Waals surface area contributed by atoms with Gasteiger partial charge in [0.1, 0.15) is 12.3 Å². The Morgan fingerprint density at radius 2 is 2.12 bits per heavy atom. The van der Waals surface area contributed by atoms with Crippen molar-refractivity contribution in [3.63, 3.8) is 0 Å². The molecule has 0 radical (unpaired) electrons. The van der Waals surface area contributed by atoms with Gasteiger partial charge in [0.2, 0.25) is 0 Å². The summed E-state index contributed by atoms with van der Waals surface area (Å²) in [5.41, 5.74) is 1.04. The van der Waals surface area contributed by atoms with Crippen LogP contribution in [0.25, 0.3) is 0 Å². The molecule has 0 aliphatic carbocycles. The van der Waals surface area contributed by atoms with Gasteiger partial charge in [-0.1, -0.05) is 17.3 Å². The number of aromatic nitrogens is 3. The Labute approximate surface area is 181 Å². The molecule has 3 rings (SSSR count). The van der Waals surface area contributed by atoms with Crippen molar-refractivity contribution in [3.05, 3.63) is 41.2 Å². The molecule has 0 fully saturated rings. The van der Waals surface area contributed by atoms with E-state index in [1.165, 1.54) is 16.9 Å². The number of carboxylic acid groups (broad SMARTS) is 1. The van der Waals surface area contributed by atoms with Crippen LogP contribution in [0, 0.1) is 0 Å². The second-order valence-corrected chi connectivity index (χ2v) is 7.62. The molecule has 1 aromatic carbocycles. The number of hydrogen-bond acceptors (Lipinski definition) is 7. The molecule has 172 valence electrons. The quantitative estimate of drug-likeness (QED) is 0.367. The van der Waals surface area contributed by atoms with Crippen molar-refractivity contribution >= 4 is 18.9 Å². The van der Waals surface area contributed by atoms with Crippen LogP contribution in [0.4, 0.5) is 13.2 Å². The Morgan fingerprint density at radius 3 is 2.84 bits per heavy atom. The molecule has 2 aromatic rings. The minimum Gasteiger partial charge on any atom is -0.535 e. The Kier molecular flexibility index (Phi) is 7.51. The van der Waals surface area contributed by atoms with Crippen molar-refractivity contribution in [2.75, 3.05) is 6.54 Å². The zero-order valence-electron chi connectivity index (χ0n) is 17.0. The van der Waals surface area contributed by atoms with Crippen molar-refractivity contribution in [1.29, 1.82) is 0 Å². The first-order chi connectivity index (χ1) is 15.1. The average molecular weight is 454 g/mol. The Hall–Kier alpha value is -2.93. The molecular formula is C19H22BF3N4O5. The Balaban J connectivity index is 1.48. The fourth-order valence-corrected chi connectivity index (χ4v) is 3.49. The fourth-order valence-electron chi connectivity index (χ4n) is 3.49. The van der Waals surface area contributed by atoms with Gasteiger partial charge in [-0.15, -0.1) is 5.10 Å². The number of aromatic carboxylic acids is 1. The summed E-state index contributed by atoms with van der Waals surface area (Å²) in [4.78, 5) is 23.7. The van der Waals surface area contributed by atoms with Crippen molar-refractivity contribution in [2.45, 2.75) is 50.8 Å². The van der Waals surface area contributed by atoms with Crippen LogP contribution in [0.3, 0.4) is 0 Å². The first-order valence-corrected chi connectivity index (χ1v) is 10.0. The van der Waals surface area contributed by atoms with Crippen LogP contribution < -0.4 is 9.97 Å². The molecule has 0 unspecified atom stereocenters. The molecule has 9 nitrogen and oxygen atoms in total. The van der Waals surface area contributed by atoms with Gasteiger partial charge in [0, 0.05) is 25.2 Å². The van der Waals surface area contributed by atoms with Gasteiger partial charge in [-0.05, 0) is 31.0 Å². The first kappa shape index (κ1) is 23.7. The molecule has 1 aliphatic rings. The number of Topliss-reactive ketones (excluding diaryl/α,β-unsaturated/α-hetero) is 1. The third-order valence-corrected chi connectivity index (χ3v) is 4.99. The first-order valence-electron chi connectivity index (χ1n) is 10.0. The van der Waals surface area contributed by atoms with E-state index in [0.29, 0.717) is 11.3 Å². The highest BCUT2D eigenvalue weighted by Gasteiger charge is 2.37. The summed E-state index contributed by atoms with van der Waals surface area (Å²) >= 11 is 0. The van der Waals surface area contributed by atoms with Crippen molar-refractivity contribution in [2.24, 2.45) is 0 Å². The van der Waals surface area contributed by atoms with Gasteiger partial charge in [0.25, 0.3) is 0 Å². The van der Waals surface area contributed by atoms with E-state index in [9.17, 15) is 32.9 Å². The maximum Gasteiger partial charge on any atom is 0.526 e. The predicted octanol–water partition coefficient (Wildman–Crippen LogP) is 1.85. The summed E-state index contributed by atoms with van der Waals surface area (Å²) in [6.07, 6.45) is -3.28. The number of carbonyl (C=O) groups excluding carboxylic acids is 1. The van der Waals surface area contributed by atoms with Crippen LogP contribution >= 0.6 is 0 Å². The molecular weight excluding hydrogens is 432 g/mol. The van der Waals surface area contributed by atoms with Gasteiger partial charge in [0.15, 0.2) is 5.78 Å². The average Bonchev–Trinajstić information content (AvgIpc) is 3.14. The minimum absolute atomic E-state index is 0.0111. The fraction of sp³-hybridized carbons (Fsp3) is 0.474. The number of alkyl halides is 3. The molecule has 32 heavy (non-hydrogen) atoms. The molecule has 3 N–H and O–H groups in total. The molecule has 1 aliphatic heterocycles. The van der Waals surface area contributed by atoms with E-state index in [1.54, 1.807) is 12.1 Å². The van der Waals surface area contributed by atoms with Crippen LogP contribution in [-0.2, 0) is 24.3 Å². The summed E-state index contributed by atoms with van der Waals surface area (Å²) in [7, 11) is -1.32. The summed E-state index contributed by atoms with van der Waals surface area (Å²) in [5.74, 6) is -1.83. The highest BCUT2D eigenvalue weighted by molar-refractivity contribution is 6.47. The zero-order valence-corrected chi connectivity index (χ0v) is 17.0. The molecule has 0 amide bonds.